The molecule has 0 amide bonds. The van der Waals surface area contributed by atoms with Crippen LogP contribution in [0.2, 0.25) is 18.1 Å². The first kappa shape index (κ1) is 26.4. The van der Waals surface area contributed by atoms with Gasteiger partial charge in [0.25, 0.3) is 0 Å². The summed E-state index contributed by atoms with van der Waals surface area (Å²) < 4.78 is 18.0. The maximum Gasteiger partial charge on any atom is 0.414 e. The number of carbonyl (C=O) groups is 1. The molecule has 0 saturated carbocycles. The summed E-state index contributed by atoms with van der Waals surface area (Å²) in [5.41, 5.74) is 10.4. The van der Waals surface area contributed by atoms with Gasteiger partial charge >= 0.3 is 12.2 Å². The van der Waals surface area contributed by atoms with Crippen LogP contribution in [0.15, 0.2) is 72.8 Å². The zero-order valence-electron chi connectivity index (χ0n) is 20.1. The smallest absolute Gasteiger partial charge is 0.414 e. The second-order valence-electron chi connectivity index (χ2n) is 9.22. The highest BCUT2D eigenvalue weighted by molar-refractivity contribution is 6.74. The average molecular weight is 467 g/mol. The molecule has 0 aliphatic carbocycles. The molecule has 0 aromatic heterocycles. The van der Waals surface area contributed by atoms with Crippen molar-refractivity contribution >= 4 is 20.5 Å². The molecule has 2 aromatic carbocycles. The molecule has 176 valence electrons. The van der Waals surface area contributed by atoms with E-state index in [0.717, 1.165) is 17.3 Å². The molecule has 0 unspecified atom stereocenters. The van der Waals surface area contributed by atoms with Crippen LogP contribution in [-0.4, -0.2) is 38.5 Å². The molecule has 0 spiro atoms. The molecule has 2 rings (SSSR count). The van der Waals surface area contributed by atoms with Gasteiger partial charge < -0.3 is 19.4 Å². The Labute approximate surface area is 197 Å². The van der Waals surface area contributed by atoms with Crippen LogP contribution in [0.4, 0.5) is 0 Å². The van der Waals surface area contributed by atoms with E-state index >= 15 is 0 Å². The van der Waals surface area contributed by atoms with Gasteiger partial charge in [-0.1, -0.05) is 93.6 Å². The van der Waals surface area contributed by atoms with Gasteiger partial charge in [-0.05, 0) is 29.3 Å². The molecule has 7 heteroatoms. The van der Waals surface area contributed by atoms with Crippen molar-refractivity contribution in [3.63, 3.8) is 0 Å². The molecule has 0 radical (unpaired) electrons. The average Bonchev–Trinajstić information content (AvgIpc) is 2.78. The third kappa shape index (κ3) is 8.22. The molecule has 0 aliphatic heterocycles. The summed E-state index contributed by atoms with van der Waals surface area (Å²) in [4.78, 5) is 14.9. The molecule has 0 saturated heterocycles. The Morgan fingerprint density at radius 2 is 1.45 bits per heavy atom. The van der Waals surface area contributed by atoms with Crippen LogP contribution < -0.4 is 0 Å². The zero-order chi connectivity index (χ0) is 24.3. The van der Waals surface area contributed by atoms with Gasteiger partial charge in [-0.3, -0.25) is 0 Å². The van der Waals surface area contributed by atoms with E-state index in [9.17, 15) is 4.79 Å². The van der Waals surface area contributed by atoms with Gasteiger partial charge in [0, 0.05) is 0 Å². The van der Waals surface area contributed by atoms with Crippen molar-refractivity contribution in [2.45, 2.75) is 51.1 Å². The number of rotatable bonds is 11. The van der Waals surface area contributed by atoms with Crippen molar-refractivity contribution in [1.29, 1.82) is 0 Å². The zero-order valence-corrected chi connectivity index (χ0v) is 21.1. The van der Waals surface area contributed by atoms with Crippen molar-refractivity contribution in [2.24, 2.45) is 0 Å². The predicted molar refractivity (Wildman–Crippen MR) is 132 cm³/mol. The highest BCUT2D eigenvalue weighted by Crippen LogP contribution is 2.37. The van der Waals surface area contributed by atoms with E-state index in [-0.39, 0.29) is 5.04 Å². The lowest BCUT2D eigenvalue weighted by Crippen LogP contribution is -2.40. The maximum atomic E-state index is 12.1. The number of ether oxygens (including phenoxy) is 2. The van der Waals surface area contributed by atoms with Crippen LogP contribution in [0.5, 0.6) is 0 Å². The lowest BCUT2D eigenvalue weighted by Gasteiger charge is -2.35. The Balaban J connectivity index is 2.18. The molecule has 2 atom stereocenters. The normalized spacial score (nSPS) is 13.8. The number of carbonyl (C=O) groups excluding carboxylic acids is 1. The molecular weight excluding hydrogens is 432 g/mol. The molecule has 0 N–H and O–H groups in total. The van der Waals surface area contributed by atoms with Crippen LogP contribution in [0.3, 0.4) is 0 Å². The van der Waals surface area contributed by atoms with Gasteiger partial charge in [0.05, 0.1) is 13.2 Å². The number of benzene rings is 2. The van der Waals surface area contributed by atoms with Crippen molar-refractivity contribution < 1.29 is 23.5 Å². The van der Waals surface area contributed by atoms with Crippen LogP contribution in [0, 0.1) is 0 Å². The van der Waals surface area contributed by atoms with E-state index in [1.165, 1.54) is 0 Å². The first-order valence-corrected chi connectivity index (χ1v) is 13.9. The van der Waals surface area contributed by atoms with Crippen molar-refractivity contribution in [3.05, 3.63) is 89.5 Å². The number of hydrogen-bond donors (Lipinski definition) is 0. The SMILES string of the molecule is CC(C)(C)[Si](C)(C)OC/C=C/CO[C@H](c1ccccc1)[C@H](OC(=O)C=[N+]=[N-])c1ccccc1. The summed E-state index contributed by atoms with van der Waals surface area (Å²) in [6.07, 6.45) is 3.33. The second kappa shape index (κ2) is 12.4. The van der Waals surface area contributed by atoms with Gasteiger partial charge in [-0.15, -0.1) is 0 Å². The summed E-state index contributed by atoms with van der Waals surface area (Å²) in [5, 5.41) is 0.153. The Morgan fingerprint density at radius 1 is 0.939 bits per heavy atom. The van der Waals surface area contributed by atoms with E-state index in [1.807, 2.05) is 72.8 Å². The minimum Gasteiger partial charge on any atom is -0.446 e. The quantitative estimate of drug-likeness (QED) is 0.103. The Hall–Kier alpha value is -2.83. The van der Waals surface area contributed by atoms with Crippen LogP contribution in [0.1, 0.15) is 44.1 Å². The fourth-order valence-electron chi connectivity index (χ4n) is 2.92. The van der Waals surface area contributed by atoms with E-state index in [2.05, 4.69) is 38.7 Å². The monoisotopic (exact) mass is 466 g/mol. The van der Waals surface area contributed by atoms with Crippen molar-refractivity contribution in [2.75, 3.05) is 13.2 Å². The predicted octanol–water partition coefficient (Wildman–Crippen LogP) is 5.91. The molecule has 2 aromatic rings. The van der Waals surface area contributed by atoms with E-state index < -0.39 is 26.5 Å². The van der Waals surface area contributed by atoms with Crippen LogP contribution in [0.25, 0.3) is 5.53 Å². The molecular formula is C26H34N2O4Si. The summed E-state index contributed by atoms with van der Waals surface area (Å²) in [7, 11) is -1.81. The fourth-order valence-corrected chi connectivity index (χ4v) is 3.87. The molecule has 0 fully saturated rings. The minimum absolute atomic E-state index is 0.153. The maximum absolute atomic E-state index is 12.1. The largest absolute Gasteiger partial charge is 0.446 e. The molecule has 0 heterocycles. The third-order valence-electron chi connectivity index (χ3n) is 5.82. The summed E-state index contributed by atoms with van der Waals surface area (Å²) in [5.74, 6) is -0.755. The minimum atomic E-state index is -1.81. The third-order valence-corrected chi connectivity index (χ3v) is 10.3. The highest BCUT2D eigenvalue weighted by Gasteiger charge is 2.36. The Morgan fingerprint density at radius 3 is 1.97 bits per heavy atom. The Kier molecular flexibility index (Phi) is 9.94. The van der Waals surface area contributed by atoms with E-state index in [0.29, 0.717) is 13.2 Å². The van der Waals surface area contributed by atoms with Gasteiger partial charge in [0.15, 0.2) is 14.4 Å². The Bertz CT molecular complexity index is 949. The molecule has 0 aliphatic rings. The van der Waals surface area contributed by atoms with Crippen molar-refractivity contribution in [3.8, 4) is 0 Å². The van der Waals surface area contributed by atoms with E-state index in [4.69, 9.17) is 19.4 Å². The first-order chi connectivity index (χ1) is 15.7. The van der Waals surface area contributed by atoms with Crippen LogP contribution in [-0.2, 0) is 18.7 Å². The number of hydrogen-bond acceptors (Lipinski definition) is 4. The summed E-state index contributed by atoms with van der Waals surface area (Å²) >= 11 is 0. The van der Waals surface area contributed by atoms with Crippen LogP contribution >= 0.6 is 0 Å². The molecule has 6 nitrogen and oxygen atoms in total. The summed E-state index contributed by atoms with van der Waals surface area (Å²) in [6, 6.07) is 19.0. The summed E-state index contributed by atoms with van der Waals surface area (Å²) in [6.45, 7) is 11.9. The lowest BCUT2D eigenvalue weighted by molar-refractivity contribution is -0.153. The van der Waals surface area contributed by atoms with Gasteiger partial charge in [-0.25, -0.2) is 4.79 Å². The molecule has 0 bridgehead atoms. The molecule has 33 heavy (non-hydrogen) atoms. The van der Waals surface area contributed by atoms with E-state index in [1.54, 1.807) is 0 Å². The van der Waals surface area contributed by atoms with Gasteiger partial charge in [-0.2, -0.15) is 4.79 Å². The number of nitrogens with zero attached hydrogens (tertiary/aromatic N) is 2. The van der Waals surface area contributed by atoms with Gasteiger partial charge in [0.1, 0.15) is 6.10 Å². The standard InChI is InChI=1S/C26H34N2O4Si/c1-26(2,3)33(4,5)31-19-13-12-18-30-24(21-14-8-6-9-15-21)25(32-23(29)20-28-27)22-16-10-7-11-17-22/h6-17,20,24-25H,18-19H2,1-5H3/b13-12+/t24-,25-/m1/s1. The first-order valence-electron chi connectivity index (χ1n) is 11.0. The second-order valence-corrected chi connectivity index (χ2v) is 14.0. The lowest BCUT2D eigenvalue weighted by atomic mass is 9.98. The fraction of sp³-hybridized carbons (Fsp3) is 0.385. The topological polar surface area (TPSA) is 81.2 Å². The highest BCUT2D eigenvalue weighted by atomic mass is 28.4. The number of esters is 1. The van der Waals surface area contributed by atoms with Crippen molar-refractivity contribution in [1.82, 2.24) is 0 Å². The van der Waals surface area contributed by atoms with Gasteiger partial charge in [0.2, 0.25) is 0 Å².